The molecule has 9 heteroatoms. The summed E-state index contributed by atoms with van der Waals surface area (Å²) < 4.78 is 15.7. The summed E-state index contributed by atoms with van der Waals surface area (Å²) in [6.45, 7) is 10.9. The van der Waals surface area contributed by atoms with Gasteiger partial charge < -0.3 is 9.47 Å². The molecule has 0 spiro atoms. The van der Waals surface area contributed by atoms with Gasteiger partial charge in [-0.2, -0.15) is 0 Å². The molecule has 3 aromatic heterocycles. The zero-order chi connectivity index (χ0) is 27.3. The molecule has 39 heavy (non-hydrogen) atoms. The molecule has 1 atom stereocenters. The maximum absolute atomic E-state index is 14.2. The van der Waals surface area contributed by atoms with E-state index in [1.807, 2.05) is 57.2 Å². The molecule has 1 aliphatic rings. The molecular formula is C30H32N4O3S2. The van der Waals surface area contributed by atoms with Crippen molar-refractivity contribution in [3.05, 3.63) is 80.5 Å². The molecule has 5 aromatic rings. The maximum atomic E-state index is 14.2. The van der Waals surface area contributed by atoms with E-state index < -0.39 is 0 Å². The Bertz CT molecular complexity index is 1720. The number of rotatable bonds is 7. The number of thioether (sulfide) groups is 1. The van der Waals surface area contributed by atoms with Crippen molar-refractivity contribution >= 4 is 39.1 Å². The minimum atomic E-state index is -0.0466. The van der Waals surface area contributed by atoms with Crippen LogP contribution in [0.3, 0.4) is 0 Å². The SMILES string of the molecule is Cc1cccc(-n2c(=O)c3c4c(sc3n3c(SCc5ccc(OC(C)C)cc5)nnc23)CO[C@@H](C(C)C)C4)c1. The number of aryl methyl sites for hydroxylation is 1. The van der Waals surface area contributed by atoms with Crippen LogP contribution in [0.25, 0.3) is 21.7 Å². The number of benzene rings is 2. The minimum absolute atomic E-state index is 0.0466. The van der Waals surface area contributed by atoms with Gasteiger partial charge in [0.1, 0.15) is 10.6 Å². The first-order chi connectivity index (χ1) is 18.8. The lowest BCUT2D eigenvalue weighted by Gasteiger charge is -2.26. The average molecular weight is 561 g/mol. The lowest BCUT2D eigenvalue weighted by molar-refractivity contribution is 0.00200. The zero-order valence-electron chi connectivity index (χ0n) is 22.8. The van der Waals surface area contributed by atoms with E-state index in [-0.39, 0.29) is 17.8 Å². The van der Waals surface area contributed by atoms with Gasteiger partial charge in [-0.15, -0.1) is 21.5 Å². The van der Waals surface area contributed by atoms with Crippen molar-refractivity contribution in [3.8, 4) is 11.4 Å². The second-order valence-electron chi connectivity index (χ2n) is 10.7. The molecule has 0 radical (unpaired) electrons. The lowest BCUT2D eigenvalue weighted by Crippen LogP contribution is -2.28. The Morgan fingerprint density at radius 1 is 1.13 bits per heavy atom. The number of aromatic nitrogens is 4. The quantitative estimate of drug-likeness (QED) is 0.210. The first-order valence-corrected chi connectivity index (χ1v) is 15.1. The number of hydrogen-bond acceptors (Lipinski definition) is 7. The molecule has 0 N–H and O–H groups in total. The maximum Gasteiger partial charge on any atom is 0.268 e. The first-order valence-electron chi connectivity index (χ1n) is 13.3. The van der Waals surface area contributed by atoms with Crippen LogP contribution in [0, 0.1) is 12.8 Å². The molecule has 7 nitrogen and oxygen atoms in total. The van der Waals surface area contributed by atoms with E-state index in [0.717, 1.165) is 60.6 Å². The Hall–Kier alpha value is -3.14. The summed E-state index contributed by atoms with van der Waals surface area (Å²) in [4.78, 5) is 16.2. The molecule has 0 bridgehead atoms. The van der Waals surface area contributed by atoms with Crippen LogP contribution in [0.4, 0.5) is 0 Å². The van der Waals surface area contributed by atoms with Crippen LogP contribution in [0.2, 0.25) is 0 Å². The molecule has 0 amide bonds. The summed E-state index contributed by atoms with van der Waals surface area (Å²) >= 11 is 3.24. The highest BCUT2D eigenvalue weighted by Gasteiger charge is 2.30. The van der Waals surface area contributed by atoms with E-state index in [9.17, 15) is 4.79 Å². The van der Waals surface area contributed by atoms with Gasteiger partial charge in [0.2, 0.25) is 5.78 Å². The van der Waals surface area contributed by atoms with Crippen LogP contribution in [0.1, 0.15) is 49.3 Å². The number of nitrogens with zero attached hydrogens (tertiary/aromatic N) is 4. The summed E-state index contributed by atoms with van der Waals surface area (Å²) in [6, 6.07) is 16.2. The number of thiophene rings is 1. The van der Waals surface area contributed by atoms with Gasteiger partial charge in [0.05, 0.1) is 29.9 Å². The van der Waals surface area contributed by atoms with Crippen molar-refractivity contribution in [1.82, 2.24) is 19.2 Å². The van der Waals surface area contributed by atoms with E-state index in [1.165, 1.54) is 0 Å². The second-order valence-corrected chi connectivity index (χ2v) is 12.7. The Labute approximate surface area is 235 Å². The van der Waals surface area contributed by atoms with Crippen LogP contribution in [-0.2, 0) is 23.5 Å². The molecule has 2 aromatic carbocycles. The molecule has 0 saturated heterocycles. The van der Waals surface area contributed by atoms with Crippen molar-refractivity contribution in [1.29, 1.82) is 0 Å². The minimum Gasteiger partial charge on any atom is -0.491 e. The standard InChI is InChI=1S/C30H32N4O3S2/c1-17(2)24-14-23-25(15-36-24)39-28-26(23)27(35)33(21-8-6-7-19(5)13-21)29-31-32-30(34(28)29)38-16-20-9-11-22(12-10-20)37-18(3)4/h6-13,17-18,24H,14-16H2,1-5H3/t24-/m1/s1. The van der Waals surface area contributed by atoms with Gasteiger partial charge in [0, 0.05) is 17.1 Å². The monoisotopic (exact) mass is 560 g/mol. The third-order valence-corrected chi connectivity index (χ3v) is 9.20. The van der Waals surface area contributed by atoms with Crippen molar-refractivity contribution in [2.24, 2.45) is 5.92 Å². The van der Waals surface area contributed by atoms with E-state index in [4.69, 9.17) is 9.47 Å². The molecule has 0 unspecified atom stereocenters. The molecule has 4 heterocycles. The molecule has 0 fully saturated rings. The Balaban J connectivity index is 1.48. The molecule has 0 saturated carbocycles. The zero-order valence-corrected chi connectivity index (χ0v) is 24.4. The third kappa shape index (κ3) is 4.88. The van der Waals surface area contributed by atoms with Crippen LogP contribution in [-0.4, -0.2) is 31.4 Å². The fraction of sp³-hybridized carbons (Fsp3) is 0.367. The van der Waals surface area contributed by atoms with E-state index in [1.54, 1.807) is 27.7 Å². The average Bonchev–Trinajstić information content (AvgIpc) is 3.49. The Morgan fingerprint density at radius 2 is 1.92 bits per heavy atom. The summed E-state index contributed by atoms with van der Waals surface area (Å²) in [7, 11) is 0. The van der Waals surface area contributed by atoms with Crippen LogP contribution in [0.5, 0.6) is 5.75 Å². The Morgan fingerprint density at radius 3 is 2.64 bits per heavy atom. The summed E-state index contributed by atoms with van der Waals surface area (Å²) in [6.07, 6.45) is 0.964. The van der Waals surface area contributed by atoms with Gasteiger partial charge in [0.25, 0.3) is 5.56 Å². The van der Waals surface area contributed by atoms with Crippen LogP contribution < -0.4 is 10.3 Å². The van der Waals surface area contributed by atoms with Gasteiger partial charge in [0.15, 0.2) is 5.16 Å². The molecule has 1 aliphatic heterocycles. The van der Waals surface area contributed by atoms with Crippen molar-refractivity contribution < 1.29 is 9.47 Å². The number of ether oxygens (including phenoxy) is 2. The first kappa shape index (κ1) is 26.1. The molecular weight excluding hydrogens is 528 g/mol. The van der Waals surface area contributed by atoms with Gasteiger partial charge in [-0.25, -0.2) is 8.97 Å². The molecule has 202 valence electrons. The fourth-order valence-electron chi connectivity index (χ4n) is 5.04. The highest BCUT2D eigenvalue weighted by atomic mass is 32.2. The van der Waals surface area contributed by atoms with E-state index in [0.29, 0.717) is 18.3 Å². The van der Waals surface area contributed by atoms with Gasteiger partial charge in [-0.05, 0) is 67.6 Å². The molecule has 0 aliphatic carbocycles. The van der Waals surface area contributed by atoms with E-state index in [2.05, 4.69) is 40.6 Å². The van der Waals surface area contributed by atoms with Crippen LogP contribution >= 0.6 is 23.1 Å². The second kappa shape index (κ2) is 10.4. The third-order valence-electron chi connectivity index (χ3n) is 7.01. The number of fused-ring (bicyclic) bond motifs is 5. The fourth-order valence-corrected chi connectivity index (χ4v) is 7.23. The van der Waals surface area contributed by atoms with Gasteiger partial charge in [-0.3, -0.25) is 4.79 Å². The summed E-state index contributed by atoms with van der Waals surface area (Å²) in [5.74, 6) is 2.48. The topological polar surface area (TPSA) is 70.7 Å². The highest BCUT2D eigenvalue weighted by Crippen LogP contribution is 2.38. The molecule has 6 rings (SSSR count). The van der Waals surface area contributed by atoms with Gasteiger partial charge >= 0.3 is 0 Å². The number of hydrogen-bond donors (Lipinski definition) is 0. The Kier molecular flexibility index (Phi) is 6.99. The van der Waals surface area contributed by atoms with Gasteiger partial charge in [-0.1, -0.05) is 49.9 Å². The van der Waals surface area contributed by atoms with Crippen molar-refractivity contribution in [3.63, 3.8) is 0 Å². The summed E-state index contributed by atoms with van der Waals surface area (Å²) in [5.41, 5.74) is 4.10. The van der Waals surface area contributed by atoms with Crippen molar-refractivity contribution in [2.45, 2.75) is 70.8 Å². The normalized spacial score (nSPS) is 15.5. The summed E-state index contributed by atoms with van der Waals surface area (Å²) in [5, 5.41) is 10.7. The highest BCUT2D eigenvalue weighted by molar-refractivity contribution is 7.98. The smallest absolute Gasteiger partial charge is 0.268 e. The predicted octanol–water partition coefficient (Wildman–Crippen LogP) is 6.58. The van der Waals surface area contributed by atoms with E-state index >= 15 is 0 Å². The lowest BCUT2D eigenvalue weighted by atomic mass is 9.96. The predicted molar refractivity (Wildman–Crippen MR) is 158 cm³/mol. The van der Waals surface area contributed by atoms with Crippen LogP contribution in [0.15, 0.2) is 58.5 Å². The largest absolute Gasteiger partial charge is 0.491 e. The van der Waals surface area contributed by atoms with Crippen molar-refractivity contribution in [2.75, 3.05) is 0 Å².